The van der Waals surface area contributed by atoms with E-state index in [9.17, 15) is 4.39 Å². The molecule has 0 amide bonds. The zero-order valence-electron chi connectivity index (χ0n) is 11.3. The van der Waals surface area contributed by atoms with Crippen molar-refractivity contribution in [2.75, 3.05) is 0 Å². The van der Waals surface area contributed by atoms with Crippen molar-refractivity contribution in [3.8, 4) is 0 Å². The van der Waals surface area contributed by atoms with Crippen LogP contribution in [0.2, 0.25) is 0 Å². The zero-order chi connectivity index (χ0) is 13.3. The normalized spacial score (nSPS) is 22.7. The maximum Gasteiger partial charge on any atom is 0.123 e. The van der Waals surface area contributed by atoms with Crippen LogP contribution in [0.3, 0.4) is 0 Å². The Balaban J connectivity index is 2.21. The molecular formula is C16H20ClF. The molecule has 1 unspecified atom stereocenters. The molecule has 0 radical (unpaired) electrons. The molecule has 0 nitrogen and oxygen atoms in total. The second kappa shape index (κ2) is 5.05. The van der Waals surface area contributed by atoms with Gasteiger partial charge in [-0.15, -0.1) is 11.6 Å². The first kappa shape index (κ1) is 13.6. The highest BCUT2D eigenvalue weighted by Gasteiger charge is 2.27. The number of alkyl halides is 1. The number of hydrogen-bond donors (Lipinski definition) is 0. The van der Waals surface area contributed by atoms with Crippen LogP contribution in [0.1, 0.15) is 37.8 Å². The van der Waals surface area contributed by atoms with Gasteiger partial charge in [0.05, 0.1) is 5.38 Å². The average Bonchev–Trinajstić information content (AvgIpc) is 2.20. The topological polar surface area (TPSA) is 0 Å². The van der Waals surface area contributed by atoms with Crippen molar-refractivity contribution >= 4 is 11.6 Å². The van der Waals surface area contributed by atoms with Crippen molar-refractivity contribution in [1.82, 2.24) is 0 Å². The molecule has 1 aliphatic carbocycles. The smallest absolute Gasteiger partial charge is 0.123 e. The number of hydrogen-bond acceptors (Lipinski definition) is 0. The van der Waals surface area contributed by atoms with Gasteiger partial charge in [0.25, 0.3) is 0 Å². The van der Waals surface area contributed by atoms with E-state index in [1.165, 1.54) is 11.6 Å². The van der Waals surface area contributed by atoms with Gasteiger partial charge >= 0.3 is 0 Å². The van der Waals surface area contributed by atoms with E-state index in [0.717, 1.165) is 30.4 Å². The van der Waals surface area contributed by atoms with Crippen LogP contribution in [0.5, 0.6) is 0 Å². The lowest BCUT2D eigenvalue weighted by Crippen LogP contribution is -2.23. The molecule has 1 aromatic carbocycles. The van der Waals surface area contributed by atoms with Crippen LogP contribution in [0.4, 0.5) is 4.39 Å². The van der Waals surface area contributed by atoms with E-state index in [-0.39, 0.29) is 16.6 Å². The number of halogens is 2. The standard InChI is InChI=1S/C16H20ClF/c1-11-4-5-15(18)8-13(11)6-12-7-14(17)10-16(2,3)9-12/h4-5,7-8,14H,6,9-10H2,1-3H3. The largest absolute Gasteiger partial charge is 0.207 e. The molecule has 18 heavy (non-hydrogen) atoms. The lowest BCUT2D eigenvalue weighted by atomic mass is 9.75. The molecule has 2 rings (SSSR count). The summed E-state index contributed by atoms with van der Waals surface area (Å²) in [5, 5.41) is 0.109. The van der Waals surface area contributed by atoms with E-state index < -0.39 is 0 Å². The van der Waals surface area contributed by atoms with Gasteiger partial charge in [0.15, 0.2) is 0 Å². The van der Waals surface area contributed by atoms with Crippen molar-refractivity contribution in [2.24, 2.45) is 5.41 Å². The number of benzene rings is 1. The Morgan fingerprint density at radius 3 is 2.78 bits per heavy atom. The summed E-state index contributed by atoms with van der Waals surface area (Å²) in [5.41, 5.74) is 3.80. The van der Waals surface area contributed by atoms with E-state index >= 15 is 0 Å². The van der Waals surface area contributed by atoms with Crippen molar-refractivity contribution < 1.29 is 4.39 Å². The first-order chi connectivity index (χ1) is 8.35. The van der Waals surface area contributed by atoms with Crippen LogP contribution in [-0.4, -0.2) is 5.38 Å². The third-order valence-electron chi connectivity index (χ3n) is 3.60. The molecule has 0 aliphatic heterocycles. The van der Waals surface area contributed by atoms with Crippen molar-refractivity contribution in [2.45, 2.75) is 45.4 Å². The number of rotatable bonds is 2. The molecule has 98 valence electrons. The van der Waals surface area contributed by atoms with Gasteiger partial charge in [0.2, 0.25) is 0 Å². The first-order valence-corrected chi connectivity index (χ1v) is 6.88. The molecular weight excluding hydrogens is 247 g/mol. The van der Waals surface area contributed by atoms with Crippen molar-refractivity contribution in [3.63, 3.8) is 0 Å². The highest BCUT2D eigenvalue weighted by atomic mass is 35.5. The molecule has 0 heterocycles. The van der Waals surface area contributed by atoms with Crippen LogP contribution >= 0.6 is 11.6 Å². The molecule has 0 bridgehead atoms. The SMILES string of the molecule is Cc1ccc(F)cc1CC1=CC(Cl)CC(C)(C)C1. The molecule has 1 aliphatic rings. The Kier molecular flexibility index (Phi) is 3.82. The Morgan fingerprint density at radius 1 is 1.39 bits per heavy atom. The maximum atomic E-state index is 13.3. The molecule has 0 N–H and O–H groups in total. The Morgan fingerprint density at radius 2 is 2.11 bits per heavy atom. The summed E-state index contributed by atoms with van der Waals surface area (Å²) < 4.78 is 13.3. The molecule has 0 spiro atoms. The average molecular weight is 267 g/mol. The van der Waals surface area contributed by atoms with Crippen molar-refractivity contribution in [3.05, 3.63) is 46.8 Å². The molecule has 2 heteroatoms. The quantitative estimate of drug-likeness (QED) is 0.520. The molecule has 1 aromatic rings. The van der Waals surface area contributed by atoms with Gasteiger partial charge in [0, 0.05) is 0 Å². The van der Waals surface area contributed by atoms with Gasteiger partial charge in [-0.2, -0.15) is 0 Å². The van der Waals surface area contributed by atoms with E-state index in [0.29, 0.717) is 0 Å². The summed E-state index contributed by atoms with van der Waals surface area (Å²) in [6.45, 7) is 6.52. The summed E-state index contributed by atoms with van der Waals surface area (Å²) in [5.74, 6) is -0.159. The highest BCUT2D eigenvalue weighted by Crippen LogP contribution is 2.38. The fraction of sp³-hybridized carbons (Fsp3) is 0.500. The molecule has 0 saturated heterocycles. The van der Waals surface area contributed by atoms with Crippen LogP contribution in [0.25, 0.3) is 0 Å². The zero-order valence-corrected chi connectivity index (χ0v) is 12.0. The minimum atomic E-state index is -0.159. The van der Waals surface area contributed by atoms with E-state index in [1.54, 1.807) is 6.07 Å². The first-order valence-electron chi connectivity index (χ1n) is 6.44. The van der Waals surface area contributed by atoms with Crippen LogP contribution < -0.4 is 0 Å². The number of aryl methyl sites for hydroxylation is 1. The van der Waals surface area contributed by atoms with E-state index in [2.05, 4.69) is 19.9 Å². The molecule has 0 fully saturated rings. The summed E-state index contributed by atoms with van der Waals surface area (Å²) >= 11 is 6.28. The van der Waals surface area contributed by atoms with Gasteiger partial charge < -0.3 is 0 Å². The predicted molar refractivity (Wildman–Crippen MR) is 75.6 cm³/mol. The number of allylic oxidation sites excluding steroid dienone is 2. The van der Waals surface area contributed by atoms with Crippen LogP contribution in [0, 0.1) is 18.2 Å². The fourth-order valence-electron chi connectivity index (χ4n) is 2.78. The summed E-state index contributed by atoms with van der Waals surface area (Å²) in [6, 6.07) is 5.00. The fourth-order valence-corrected chi connectivity index (χ4v) is 3.38. The summed E-state index contributed by atoms with van der Waals surface area (Å²) in [6.07, 6.45) is 5.03. The minimum absolute atomic E-state index is 0.109. The van der Waals surface area contributed by atoms with Gasteiger partial charge in [-0.05, 0) is 54.9 Å². The Bertz CT molecular complexity index is 474. The van der Waals surface area contributed by atoms with E-state index in [4.69, 9.17) is 11.6 Å². The second-order valence-electron chi connectivity index (χ2n) is 6.13. The maximum absolute atomic E-state index is 13.3. The Hall–Kier alpha value is -0.820. The van der Waals surface area contributed by atoms with Gasteiger partial charge in [-0.25, -0.2) is 4.39 Å². The Labute approximate surface area is 114 Å². The monoisotopic (exact) mass is 266 g/mol. The predicted octanol–water partition coefficient (Wildman–Crippen LogP) is 5.03. The minimum Gasteiger partial charge on any atom is -0.207 e. The molecule has 0 saturated carbocycles. The van der Waals surface area contributed by atoms with Crippen LogP contribution in [0.15, 0.2) is 29.8 Å². The summed E-state index contributed by atoms with van der Waals surface area (Å²) in [4.78, 5) is 0. The van der Waals surface area contributed by atoms with E-state index in [1.807, 2.05) is 13.0 Å². The lowest BCUT2D eigenvalue weighted by Gasteiger charge is -2.32. The van der Waals surface area contributed by atoms with Gasteiger partial charge in [-0.1, -0.05) is 31.6 Å². The highest BCUT2D eigenvalue weighted by molar-refractivity contribution is 6.21. The van der Waals surface area contributed by atoms with Crippen LogP contribution in [-0.2, 0) is 6.42 Å². The summed E-state index contributed by atoms with van der Waals surface area (Å²) in [7, 11) is 0. The lowest BCUT2D eigenvalue weighted by molar-refractivity contribution is 0.320. The van der Waals surface area contributed by atoms with Gasteiger partial charge in [0.1, 0.15) is 5.82 Å². The molecule has 1 atom stereocenters. The second-order valence-corrected chi connectivity index (χ2v) is 6.69. The van der Waals surface area contributed by atoms with Crippen molar-refractivity contribution in [1.29, 1.82) is 0 Å². The third-order valence-corrected chi connectivity index (χ3v) is 3.88. The van der Waals surface area contributed by atoms with Gasteiger partial charge in [-0.3, -0.25) is 0 Å². The third kappa shape index (κ3) is 3.35. The molecule has 0 aromatic heterocycles.